The van der Waals surface area contributed by atoms with E-state index in [-0.39, 0.29) is 24.3 Å². The Morgan fingerprint density at radius 1 is 0.459 bits per heavy atom. The van der Waals surface area contributed by atoms with Crippen LogP contribution >= 0.6 is 8.58 Å². The molecule has 5 atom stereocenters. The molecule has 0 bridgehead atoms. The first-order valence-corrected chi connectivity index (χ1v) is 14.1. The zero-order valence-corrected chi connectivity index (χ0v) is 21.5. The van der Waals surface area contributed by atoms with E-state index in [1.54, 1.807) is 0 Å². The number of ether oxygens (including phenoxy) is 2. The first-order valence-electron chi connectivity index (χ1n) is 12.7. The van der Waals surface area contributed by atoms with Crippen LogP contribution in [0.5, 0.6) is 0 Å². The number of rotatable bonds is 8. The minimum Gasteiger partial charge on any atom is -0.470 e. The lowest BCUT2D eigenvalue weighted by atomic mass is 9.97. The van der Waals surface area contributed by atoms with Crippen molar-refractivity contribution in [2.24, 2.45) is 9.98 Å². The second-order valence-corrected chi connectivity index (χ2v) is 10.5. The van der Waals surface area contributed by atoms with Gasteiger partial charge in [-0.3, -0.25) is 0 Å². The van der Waals surface area contributed by atoms with E-state index in [1.165, 1.54) is 11.1 Å². The van der Waals surface area contributed by atoms with E-state index < -0.39 is 0 Å². The summed E-state index contributed by atoms with van der Waals surface area (Å²) in [5, 5.41) is 0. The molecule has 0 amide bonds. The van der Waals surface area contributed by atoms with Crippen LogP contribution in [0.15, 0.2) is 131 Å². The molecule has 184 valence electrons. The van der Waals surface area contributed by atoms with Crippen LogP contribution in [0.4, 0.5) is 0 Å². The fourth-order valence-electron chi connectivity index (χ4n) is 4.96. The molecule has 4 aromatic rings. The molecule has 0 fully saturated rings. The van der Waals surface area contributed by atoms with Gasteiger partial charge in [-0.1, -0.05) is 121 Å². The largest absolute Gasteiger partial charge is 0.470 e. The Morgan fingerprint density at radius 3 is 1.14 bits per heavy atom. The Labute approximate surface area is 219 Å². The van der Waals surface area contributed by atoms with Gasteiger partial charge in [0.15, 0.2) is 24.0 Å². The molecule has 2 aliphatic heterocycles. The number of benzene rings is 4. The molecule has 4 aromatic carbocycles. The molecule has 6 rings (SSSR count). The third kappa shape index (κ3) is 5.35. The van der Waals surface area contributed by atoms with Crippen molar-refractivity contribution in [2.45, 2.75) is 24.3 Å². The summed E-state index contributed by atoms with van der Waals surface area (Å²) in [6.45, 7) is 0. The third-order valence-corrected chi connectivity index (χ3v) is 7.86. The molecule has 4 nitrogen and oxygen atoms in total. The number of hydrogen-bond donors (Lipinski definition) is 0. The minimum atomic E-state index is -0.103. The van der Waals surface area contributed by atoms with Crippen molar-refractivity contribution in [1.29, 1.82) is 0 Å². The highest BCUT2D eigenvalue weighted by Crippen LogP contribution is 2.42. The standard InChI is InChI=1S/C32H29N2O2P/c1-5-13-23(14-6-1)29-31(25-17-9-3-10-18-25)35-27(33-29)21-37-22-28-34-30(24-15-7-2-8-16-24)32(36-28)26-19-11-4-12-20-26/h1-20,29-32,37H,21-22H2/t29-,30+,31+,32-. The van der Waals surface area contributed by atoms with Crippen LogP contribution in [0.3, 0.4) is 0 Å². The fourth-order valence-corrected chi connectivity index (χ4v) is 5.87. The molecule has 0 saturated carbocycles. The summed E-state index contributed by atoms with van der Waals surface area (Å²) in [4.78, 5) is 10.1. The maximum absolute atomic E-state index is 6.44. The van der Waals surface area contributed by atoms with Gasteiger partial charge in [0.2, 0.25) is 0 Å². The summed E-state index contributed by atoms with van der Waals surface area (Å²) in [5.41, 5.74) is 4.65. The van der Waals surface area contributed by atoms with Crippen molar-refractivity contribution in [1.82, 2.24) is 0 Å². The van der Waals surface area contributed by atoms with E-state index in [0.29, 0.717) is 8.58 Å². The Balaban J connectivity index is 1.15. The molecule has 2 heterocycles. The SMILES string of the molecule is c1ccc([C@H]2N=C(CPCC3=N[C@@H](c4ccccc4)[C@@H](c4ccccc4)O3)O[C@H]2c2ccccc2)cc1. The van der Waals surface area contributed by atoms with Gasteiger partial charge in [-0.25, -0.2) is 9.98 Å². The monoisotopic (exact) mass is 504 g/mol. The highest BCUT2D eigenvalue weighted by molar-refractivity contribution is 7.40. The smallest absolute Gasteiger partial charge is 0.188 e. The minimum absolute atomic E-state index is 0.0339. The summed E-state index contributed by atoms with van der Waals surface area (Å²) < 4.78 is 12.9. The predicted molar refractivity (Wildman–Crippen MR) is 152 cm³/mol. The molecule has 0 aliphatic carbocycles. The van der Waals surface area contributed by atoms with Crippen LogP contribution in [0, 0.1) is 0 Å². The van der Waals surface area contributed by atoms with Gasteiger partial charge in [-0.15, -0.1) is 8.58 Å². The summed E-state index contributed by atoms with van der Waals surface area (Å²) in [6.07, 6.45) is 1.35. The van der Waals surface area contributed by atoms with E-state index in [0.717, 1.165) is 35.2 Å². The van der Waals surface area contributed by atoms with E-state index in [1.807, 2.05) is 24.3 Å². The van der Waals surface area contributed by atoms with E-state index in [9.17, 15) is 0 Å². The highest BCUT2D eigenvalue weighted by Gasteiger charge is 2.35. The van der Waals surface area contributed by atoms with Gasteiger partial charge in [0.05, 0.1) is 0 Å². The van der Waals surface area contributed by atoms with Crippen LogP contribution in [-0.4, -0.2) is 24.1 Å². The van der Waals surface area contributed by atoms with Gasteiger partial charge in [-0.05, 0) is 22.3 Å². The second kappa shape index (κ2) is 11.1. The van der Waals surface area contributed by atoms with Gasteiger partial charge in [0.25, 0.3) is 0 Å². The molecule has 1 unspecified atom stereocenters. The quantitative estimate of drug-likeness (QED) is 0.233. The number of nitrogens with zero attached hydrogens (tertiary/aromatic N) is 2. The zero-order valence-electron chi connectivity index (χ0n) is 20.5. The van der Waals surface area contributed by atoms with Gasteiger partial charge in [0, 0.05) is 12.3 Å². The normalized spacial score (nSPS) is 22.9. The molecule has 0 saturated heterocycles. The number of aliphatic imine (C=N–C) groups is 2. The van der Waals surface area contributed by atoms with E-state index in [4.69, 9.17) is 19.5 Å². The highest BCUT2D eigenvalue weighted by atomic mass is 31.1. The predicted octanol–water partition coefficient (Wildman–Crippen LogP) is 7.49. The fraction of sp³-hybridized carbons (Fsp3) is 0.188. The average molecular weight is 505 g/mol. The molecule has 5 heteroatoms. The van der Waals surface area contributed by atoms with Crippen LogP contribution < -0.4 is 0 Å². The maximum atomic E-state index is 6.44. The lowest BCUT2D eigenvalue weighted by Gasteiger charge is -2.18. The van der Waals surface area contributed by atoms with Crippen molar-refractivity contribution in [3.63, 3.8) is 0 Å². The molecule has 0 spiro atoms. The first kappa shape index (κ1) is 23.6. The summed E-state index contributed by atoms with van der Waals surface area (Å²) in [6, 6.07) is 41.6. The Kier molecular flexibility index (Phi) is 7.10. The second-order valence-electron chi connectivity index (χ2n) is 9.26. The van der Waals surface area contributed by atoms with Crippen LogP contribution in [0.2, 0.25) is 0 Å². The molecule has 2 aliphatic rings. The van der Waals surface area contributed by atoms with Crippen LogP contribution in [0.1, 0.15) is 46.5 Å². The Hall–Kier alpha value is -3.75. The average Bonchev–Trinajstić information content (AvgIpc) is 3.60. The molecular weight excluding hydrogens is 475 g/mol. The molecule has 0 radical (unpaired) electrons. The van der Waals surface area contributed by atoms with E-state index in [2.05, 4.69) is 97.1 Å². The van der Waals surface area contributed by atoms with Gasteiger partial charge in [0.1, 0.15) is 12.1 Å². The van der Waals surface area contributed by atoms with Gasteiger partial charge >= 0.3 is 0 Å². The summed E-state index contributed by atoms with van der Waals surface area (Å²) in [5.74, 6) is 1.64. The van der Waals surface area contributed by atoms with Crippen LogP contribution in [0.25, 0.3) is 0 Å². The number of hydrogen-bond acceptors (Lipinski definition) is 4. The molecule has 0 aromatic heterocycles. The van der Waals surface area contributed by atoms with Crippen molar-refractivity contribution in [3.05, 3.63) is 144 Å². The third-order valence-electron chi connectivity index (χ3n) is 6.76. The lowest BCUT2D eigenvalue weighted by Crippen LogP contribution is -2.11. The lowest BCUT2D eigenvalue weighted by molar-refractivity contribution is 0.195. The molecular formula is C32H29N2O2P. The first-order chi connectivity index (χ1) is 18.3. The molecule has 0 N–H and O–H groups in total. The molecule has 37 heavy (non-hydrogen) atoms. The zero-order chi connectivity index (χ0) is 24.9. The maximum Gasteiger partial charge on any atom is 0.188 e. The van der Waals surface area contributed by atoms with Crippen molar-refractivity contribution >= 4 is 20.4 Å². The topological polar surface area (TPSA) is 43.2 Å². The van der Waals surface area contributed by atoms with Crippen molar-refractivity contribution in [3.8, 4) is 0 Å². The van der Waals surface area contributed by atoms with Crippen molar-refractivity contribution in [2.75, 3.05) is 12.3 Å². The van der Waals surface area contributed by atoms with Crippen molar-refractivity contribution < 1.29 is 9.47 Å². The summed E-state index contributed by atoms with van der Waals surface area (Å²) in [7, 11) is 0.578. The summed E-state index contributed by atoms with van der Waals surface area (Å²) >= 11 is 0. The van der Waals surface area contributed by atoms with Gasteiger partial charge in [-0.2, -0.15) is 0 Å². The van der Waals surface area contributed by atoms with E-state index >= 15 is 0 Å². The Morgan fingerprint density at radius 2 is 0.784 bits per heavy atom. The van der Waals surface area contributed by atoms with Crippen LogP contribution in [-0.2, 0) is 9.47 Å². The Bertz CT molecular complexity index is 1250. The van der Waals surface area contributed by atoms with Gasteiger partial charge < -0.3 is 9.47 Å².